The van der Waals surface area contributed by atoms with Crippen LogP contribution in [0.2, 0.25) is 0 Å². The van der Waals surface area contributed by atoms with Crippen molar-refractivity contribution in [3.63, 3.8) is 0 Å². The highest BCUT2D eigenvalue weighted by atomic mass is 19.1. The molecule has 1 heterocycles. The zero-order chi connectivity index (χ0) is 24.4. The molecular weight excluding hydrogens is 445 g/mol. The molecule has 0 atom stereocenters. The number of hydrogen-bond donors (Lipinski definition) is 1. The minimum absolute atomic E-state index is 0.0678. The number of benzene rings is 3. The molecule has 3 aromatic carbocycles. The number of halogens is 1. The van der Waals surface area contributed by atoms with Gasteiger partial charge in [0.2, 0.25) is 0 Å². The average Bonchev–Trinajstić information content (AvgIpc) is 3.11. The van der Waals surface area contributed by atoms with Crippen molar-refractivity contribution in [3.05, 3.63) is 71.7 Å². The summed E-state index contributed by atoms with van der Waals surface area (Å²) in [6.45, 7) is 0. The zero-order valence-electron chi connectivity index (χ0n) is 17.9. The number of carbonyl (C=O) groups excluding carboxylic acids is 3. The van der Waals surface area contributed by atoms with Gasteiger partial charge in [0.25, 0.3) is 11.8 Å². The maximum Gasteiger partial charge on any atom is 0.411 e. The van der Waals surface area contributed by atoms with Crippen LogP contribution in [-0.4, -0.2) is 32.1 Å². The van der Waals surface area contributed by atoms with Crippen molar-refractivity contribution < 1.29 is 33.0 Å². The molecule has 9 nitrogen and oxygen atoms in total. The first kappa shape index (κ1) is 22.3. The fraction of sp³-hybridized carbons (Fsp3) is 0.0833. The standard InChI is InChI=1S/C24H16FN3O6/c1-32-16-5-3-14-8-17(6-4-13(14)7-16)34-21-11-20(18(25)9-15(21)12-26)28-22(29)10-19(23(28)30)27-24(31)33-2/h3-11H,1-2H3,(H,27,31). The summed E-state index contributed by atoms with van der Waals surface area (Å²) in [6, 6.07) is 14.4. The van der Waals surface area contributed by atoms with E-state index in [1.54, 1.807) is 31.4 Å². The fourth-order valence-electron chi connectivity index (χ4n) is 3.35. The van der Waals surface area contributed by atoms with Gasteiger partial charge in [-0.05, 0) is 41.1 Å². The Morgan fingerprint density at radius 3 is 2.35 bits per heavy atom. The van der Waals surface area contributed by atoms with Crippen LogP contribution in [-0.2, 0) is 14.3 Å². The summed E-state index contributed by atoms with van der Waals surface area (Å²) in [5, 5.41) is 13.3. The molecule has 170 valence electrons. The minimum atomic E-state index is -0.996. The van der Waals surface area contributed by atoms with E-state index >= 15 is 0 Å². The number of rotatable bonds is 5. The van der Waals surface area contributed by atoms with Crippen LogP contribution in [0.5, 0.6) is 17.2 Å². The van der Waals surface area contributed by atoms with Gasteiger partial charge >= 0.3 is 6.09 Å². The molecule has 10 heteroatoms. The third-order valence-corrected chi connectivity index (χ3v) is 5.00. The lowest BCUT2D eigenvalue weighted by Gasteiger charge is -2.18. The fourth-order valence-corrected chi connectivity index (χ4v) is 3.35. The molecule has 1 aliphatic heterocycles. The van der Waals surface area contributed by atoms with Crippen molar-refractivity contribution in [2.75, 3.05) is 19.1 Å². The lowest BCUT2D eigenvalue weighted by atomic mass is 10.1. The van der Waals surface area contributed by atoms with Crippen LogP contribution in [0.15, 0.2) is 60.3 Å². The number of alkyl carbamates (subject to hydrolysis) is 1. The number of nitrogens with one attached hydrogen (secondary N) is 1. The lowest BCUT2D eigenvalue weighted by Crippen LogP contribution is -2.35. The molecule has 1 aliphatic rings. The lowest BCUT2D eigenvalue weighted by molar-refractivity contribution is -0.120. The van der Waals surface area contributed by atoms with Gasteiger partial charge in [0, 0.05) is 12.1 Å². The maximum atomic E-state index is 14.8. The normalized spacial score (nSPS) is 12.9. The number of nitriles is 1. The van der Waals surface area contributed by atoms with Crippen LogP contribution in [0.1, 0.15) is 5.56 Å². The van der Waals surface area contributed by atoms with Gasteiger partial charge in [0.15, 0.2) is 0 Å². The highest BCUT2D eigenvalue weighted by molar-refractivity contribution is 6.31. The molecule has 34 heavy (non-hydrogen) atoms. The third-order valence-electron chi connectivity index (χ3n) is 5.00. The van der Waals surface area contributed by atoms with E-state index in [1.807, 2.05) is 18.2 Å². The number of imide groups is 1. The van der Waals surface area contributed by atoms with Crippen molar-refractivity contribution in [3.8, 4) is 23.3 Å². The molecule has 1 N–H and O–H groups in total. The molecular formula is C24H16FN3O6. The Labute approximate surface area is 192 Å². The summed E-state index contributed by atoms with van der Waals surface area (Å²) in [4.78, 5) is 37.0. The first-order valence-electron chi connectivity index (χ1n) is 9.79. The number of ether oxygens (including phenoxy) is 3. The summed E-state index contributed by atoms with van der Waals surface area (Å²) in [5.74, 6) is -1.89. The van der Waals surface area contributed by atoms with E-state index in [-0.39, 0.29) is 17.0 Å². The van der Waals surface area contributed by atoms with Gasteiger partial charge in [-0.2, -0.15) is 5.26 Å². The van der Waals surface area contributed by atoms with E-state index < -0.39 is 29.4 Å². The molecule has 0 fully saturated rings. The molecule has 3 amide bonds. The number of anilines is 1. The van der Waals surface area contributed by atoms with Crippen LogP contribution in [0.4, 0.5) is 14.9 Å². The van der Waals surface area contributed by atoms with E-state index in [2.05, 4.69) is 10.1 Å². The predicted octanol–water partition coefficient (Wildman–Crippen LogP) is 3.76. The number of carbonyl (C=O) groups is 3. The molecule has 0 aromatic heterocycles. The topological polar surface area (TPSA) is 118 Å². The first-order chi connectivity index (χ1) is 16.3. The zero-order valence-corrected chi connectivity index (χ0v) is 17.9. The molecule has 0 saturated heterocycles. The van der Waals surface area contributed by atoms with Crippen LogP contribution >= 0.6 is 0 Å². The second-order valence-electron chi connectivity index (χ2n) is 7.04. The quantitative estimate of drug-likeness (QED) is 0.575. The summed E-state index contributed by atoms with van der Waals surface area (Å²) in [5.41, 5.74) is -0.962. The Bertz CT molecular complexity index is 1430. The van der Waals surface area contributed by atoms with Gasteiger partial charge < -0.3 is 14.2 Å². The molecule has 0 aliphatic carbocycles. The number of fused-ring (bicyclic) bond motifs is 1. The molecule has 0 radical (unpaired) electrons. The van der Waals surface area contributed by atoms with Crippen molar-refractivity contribution in [2.24, 2.45) is 0 Å². The van der Waals surface area contributed by atoms with Gasteiger partial charge in [0.05, 0.1) is 25.5 Å². The Kier molecular flexibility index (Phi) is 5.84. The predicted molar refractivity (Wildman–Crippen MR) is 118 cm³/mol. The largest absolute Gasteiger partial charge is 0.497 e. The number of nitrogens with zero attached hydrogens (tertiary/aromatic N) is 2. The van der Waals surface area contributed by atoms with Gasteiger partial charge in [-0.25, -0.2) is 14.1 Å². The number of methoxy groups -OCH3 is 2. The Hall–Kier alpha value is -4.91. The van der Waals surface area contributed by atoms with Gasteiger partial charge in [-0.3, -0.25) is 14.9 Å². The second-order valence-corrected chi connectivity index (χ2v) is 7.04. The number of amides is 3. The first-order valence-corrected chi connectivity index (χ1v) is 9.79. The Morgan fingerprint density at radius 2 is 1.71 bits per heavy atom. The van der Waals surface area contributed by atoms with Crippen LogP contribution in [0, 0.1) is 17.1 Å². The monoisotopic (exact) mass is 461 g/mol. The highest BCUT2D eigenvalue weighted by Crippen LogP contribution is 2.35. The van der Waals surface area contributed by atoms with Gasteiger partial charge in [-0.15, -0.1) is 0 Å². The van der Waals surface area contributed by atoms with Gasteiger partial charge in [-0.1, -0.05) is 12.1 Å². The van der Waals surface area contributed by atoms with E-state index in [0.717, 1.165) is 36.1 Å². The van der Waals surface area contributed by atoms with E-state index in [4.69, 9.17) is 9.47 Å². The molecule has 4 rings (SSSR count). The van der Waals surface area contributed by atoms with E-state index in [1.165, 1.54) is 0 Å². The van der Waals surface area contributed by atoms with Crippen molar-refractivity contribution in [2.45, 2.75) is 0 Å². The summed E-state index contributed by atoms with van der Waals surface area (Å²) >= 11 is 0. The molecule has 0 spiro atoms. The SMILES string of the molecule is COC(=O)NC1=CC(=O)N(c2cc(Oc3ccc4cc(OC)ccc4c3)c(C#N)cc2F)C1=O. The second kappa shape index (κ2) is 8.91. The summed E-state index contributed by atoms with van der Waals surface area (Å²) in [7, 11) is 2.65. The highest BCUT2D eigenvalue weighted by Gasteiger charge is 2.36. The average molecular weight is 461 g/mol. The van der Waals surface area contributed by atoms with Crippen molar-refractivity contribution >= 4 is 34.4 Å². The van der Waals surface area contributed by atoms with Crippen molar-refractivity contribution in [1.29, 1.82) is 5.26 Å². The Morgan fingerprint density at radius 1 is 1.03 bits per heavy atom. The smallest absolute Gasteiger partial charge is 0.411 e. The Balaban J connectivity index is 1.68. The molecule has 0 unspecified atom stereocenters. The third kappa shape index (κ3) is 4.10. The van der Waals surface area contributed by atoms with E-state index in [9.17, 15) is 24.0 Å². The number of hydrogen-bond acceptors (Lipinski definition) is 7. The van der Waals surface area contributed by atoms with Crippen LogP contribution in [0.25, 0.3) is 10.8 Å². The van der Waals surface area contributed by atoms with Crippen LogP contribution < -0.4 is 19.7 Å². The summed E-state index contributed by atoms with van der Waals surface area (Å²) in [6.07, 6.45) is -0.123. The molecule has 0 saturated carbocycles. The molecule has 0 bridgehead atoms. The van der Waals surface area contributed by atoms with E-state index in [0.29, 0.717) is 16.4 Å². The summed E-state index contributed by atoms with van der Waals surface area (Å²) < 4.78 is 30.2. The molecule has 3 aromatic rings. The minimum Gasteiger partial charge on any atom is -0.497 e. The van der Waals surface area contributed by atoms with Gasteiger partial charge in [0.1, 0.15) is 34.8 Å². The van der Waals surface area contributed by atoms with Crippen LogP contribution in [0.3, 0.4) is 0 Å². The van der Waals surface area contributed by atoms with Crippen molar-refractivity contribution in [1.82, 2.24) is 5.32 Å². The maximum absolute atomic E-state index is 14.8.